The Kier molecular flexibility index (Phi) is 10.7. The van der Waals surface area contributed by atoms with Crippen LogP contribution in [0.5, 0.6) is 0 Å². The lowest BCUT2D eigenvalue weighted by Gasteiger charge is -2.26. The average molecular weight is 498 g/mol. The molecular formula is C20H36O10P2. The fraction of sp³-hybridized carbons (Fsp3) is 0.700. The van der Waals surface area contributed by atoms with Gasteiger partial charge in [-0.15, -0.1) is 0 Å². The summed E-state index contributed by atoms with van der Waals surface area (Å²) >= 11 is 0. The number of rotatable bonds is 14. The normalized spacial score (nSPS) is 15.6. The highest BCUT2D eigenvalue weighted by atomic mass is 31.2. The van der Waals surface area contributed by atoms with Gasteiger partial charge in [0.1, 0.15) is 0 Å². The molecule has 0 aliphatic rings. The molecule has 1 aromatic carbocycles. The van der Waals surface area contributed by atoms with E-state index >= 15 is 0 Å². The van der Waals surface area contributed by atoms with Gasteiger partial charge in [0.05, 0.1) is 23.4 Å². The molecule has 0 bridgehead atoms. The number of phosphoric ester groups is 2. The van der Waals surface area contributed by atoms with Crippen molar-refractivity contribution in [3.05, 3.63) is 35.4 Å². The maximum absolute atomic E-state index is 11.0. The SMILES string of the molecule is CC(C)(CCC(O)Cc1ccc(CC(O)CCC(C)(C)OP(=O)(O)O)cc1)OP(=O)(O)O. The zero-order valence-corrected chi connectivity index (χ0v) is 20.7. The first-order valence-corrected chi connectivity index (χ1v) is 13.4. The second-order valence-electron chi connectivity index (χ2n) is 9.29. The molecule has 12 heteroatoms. The molecule has 2 atom stereocenters. The average Bonchev–Trinajstić information content (AvgIpc) is 2.56. The maximum Gasteiger partial charge on any atom is 0.470 e. The molecule has 0 radical (unpaired) electrons. The molecule has 0 fully saturated rings. The van der Waals surface area contributed by atoms with Crippen LogP contribution in [0.15, 0.2) is 24.3 Å². The number of aliphatic hydroxyl groups is 2. The predicted molar refractivity (Wildman–Crippen MR) is 119 cm³/mol. The zero-order valence-electron chi connectivity index (χ0n) is 18.9. The number of phosphoric acid groups is 2. The van der Waals surface area contributed by atoms with Crippen LogP contribution < -0.4 is 0 Å². The summed E-state index contributed by atoms with van der Waals surface area (Å²) in [6, 6.07) is 7.35. The van der Waals surface area contributed by atoms with Crippen LogP contribution in [0.4, 0.5) is 0 Å². The fourth-order valence-corrected chi connectivity index (χ4v) is 4.79. The molecule has 0 aliphatic heterocycles. The second kappa shape index (κ2) is 11.7. The highest BCUT2D eigenvalue weighted by Crippen LogP contribution is 2.43. The van der Waals surface area contributed by atoms with Crippen LogP contribution in [-0.4, -0.2) is 53.2 Å². The Balaban J connectivity index is 2.49. The van der Waals surface area contributed by atoms with Crippen LogP contribution in [0.2, 0.25) is 0 Å². The van der Waals surface area contributed by atoms with Gasteiger partial charge >= 0.3 is 15.6 Å². The van der Waals surface area contributed by atoms with Gasteiger partial charge in [0.25, 0.3) is 0 Å². The van der Waals surface area contributed by atoms with Gasteiger partial charge in [0, 0.05) is 0 Å². The van der Waals surface area contributed by atoms with E-state index in [4.69, 9.17) is 28.6 Å². The predicted octanol–water partition coefficient (Wildman–Crippen LogP) is 2.83. The number of aliphatic hydroxyl groups excluding tert-OH is 2. The molecule has 0 saturated carbocycles. The summed E-state index contributed by atoms with van der Waals surface area (Å²) in [5, 5.41) is 20.5. The Hall–Kier alpha value is -0.640. The standard InChI is InChI=1S/C20H36O10P2/c1-19(2,29-31(23,24)25)11-9-17(21)13-15-5-7-16(8-6-15)14-18(22)10-12-20(3,4)30-32(26,27)28/h5-8,17-18,21-22H,9-14H2,1-4H3,(H2,23,24,25)(H2,26,27,28). The van der Waals surface area contributed by atoms with E-state index < -0.39 is 39.1 Å². The molecule has 0 saturated heterocycles. The van der Waals surface area contributed by atoms with E-state index in [1.807, 2.05) is 24.3 Å². The van der Waals surface area contributed by atoms with Crippen molar-refractivity contribution >= 4 is 15.6 Å². The van der Waals surface area contributed by atoms with Crippen molar-refractivity contribution in [3.63, 3.8) is 0 Å². The van der Waals surface area contributed by atoms with Crippen LogP contribution in [0.1, 0.15) is 64.5 Å². The molecule has 0 aliphatic carbocycles. The van der Waals surface area contributed by atoms with Gasteiger partial charge < -0.3 is 29.8 Å². The number of benzene rings is 1. The minimum absolute atomic E-state index is 0.269. The molecule has 186 valence electrons. The van der Waals surface area contributed by atoms with Crippen molar-refractivity contribution in [2.24, 2.45) is 0 Å². The van der Waals surface area contributed by atoms with Gasteiger partial charge in [0.2, 0.25) is 0 Å². The summed E-state index contributed by atoms with van der Waals surface area (Å²) in [5.74, 6) is 0. The van der Waals surface area contributed by atoms with Crippen LogP contribution >= 0.6 is 15.6 Å². The van der Waals surface area contributed by atoms with Gasteiger partial charge in [-0.3, -0.25) is 9.05 Å². The molecule has 0 aromatic heterocycles. The summed E-state index contributed by atoms with van der Waals surface area (Å²) in [5.41, 5.74) is -0.378. The molecular weight excluding hydrogens is 462 g/mol. The van der Waals surface area contributed by atoms with Crippen molar-refractivity contribution in [1.29, 1.82) is 0 Å². The van der Waals surface area contributed by atoms with Gasteiger partial charge in [-0.25, -0.2) is 9.13 Å². The largest absolute Gasteiger partial charge is 0.470 e. The molecule has 32 heavy (non-hydrogen) atoms. The Bertz CT molecular complexity index is 730. The highest BCUT2D eigenvalue weighted by molar-refractivity contribution is 7.46. The Morgan fingerprint density at radius 3 is 1.25 bits per heavy atom. The van der Waals surface area contributed by atoms with Crippen molar-refractivity contribution < 1.29 is 48.0 Å². The van der Waals surface area contributed by atoms with Gasteiger partial charge in [-0.1, -0.05) is 24.3 Å². The lowest BCUT2D eigenvalue weighted by atomic mass is 9.95. The van der Waals surface area contributed by atoms with E-state index in [9.17, 15) is 19.3 Å². The van der Waals surface area contributed by atoms with Gasteiger partial charge in [-0.05, 0) is 77.3 Å². The van der Waals surface area contributed by atoms with Crippen LogP contribution in [0, 0.1) is 0 Å². The van der Waals surface area contributed by atoms with Crippen molar-refractivity contribution in [3.8, 4) is 0 Å². The molecule has 0 spiro atoms. The summed E-state index contributed by atoms with van der Waals surface area (Å²) in [7, 11) is -9.20. The van der Waals surface area contributed by atoms with Crippen LogP contribution in [0.25, 0.3) is 0 Å². The van der Waals surface area contributed by atoms with E-state index in [0.29, 0.717) is 25.7 Å². The van der Waals surface area contributed by atoms with Crippen molar-refractivity contribution in [2.45, 2.75) is 89.6 Å². The van der Waals surface area contributed by atoms with E-state index in [1.165, 1.54) is 0 Å². The Morgan fingerprint density at radius 2 is 1.00 bits per heavy atom. The summed E-state index contributed by atoms with van der Waals surface area (Å²) in [4.78, 5) is 35.7. The number of hydrogen-bond donors (Lipinski definition) is 6. The van der Waals surface area contributed by atoms with Gasteiger partial charge in [0.15, 0.2) is 0 Å². The first kappa shape index (κ1) is 29.4. The number of hydrogen-bond acceptors (Lipinski definition) is 6. The van der Waals surface area contributed by atoms with E-state index in [-0.39, 0.29) is 12.8 Å². The fourth-order valence-electron chi connectivity index (χ4n) is 3.32. The third-order valence-corrected chi connectivity index (χ3v) is 6.32. The molecule has 6 N–H and O–H groups in total. The first-order chi connectivity index (χ1) is 14.4. The quantitative estimate of drug-likeness (QED) is 0.209. The minimum atomic E-state index is -4.60. The van der Waals surface area contributed by atoms with E-state index in [2.05, 4.69) is 0 Å². The lowest BCUT2D eigenvalue weighted by Crippen LogP contribution is -2.26. The minimum Gasteiger partial charge on any atom is -0.393 e. The van der Waals surface area contributed by atoms with E-state index in [1.54, 1.807) is 27.7 Å². The zero-order chi connectivity index (χ0) is 24.8. The smallest absolute Gasteiger partial charge is 0.393 e. The molecule has 10 nitrogen and oxygen atoms in total. The highest BCUT2D eigenvalue weighted by Gasteiger charge is 2.30. The Morgan fingerprint density at radius 1 is 0.719 bits per heavy atom. The summed E-state index contributed by atoms with van der Waals surface area (Å²) < 4.78 is 31.4. The summed E-state index contributed by atoms with van der Waals surface area (Å²) in [6.07, 6.45) is 0.465. The topological polar surface area (TPSA) is 174 Å². The first-order valence-electron chi connectivity index (χ1n) is 10.3. The molecule has 2 unspecified atom stereocenters. The molecule has 0 heterocycles. The third kappa shape index (κ3) is 13.8. The summed E-state index contributed by atoms with van der Waals surface area (Å²) in [6.45, 7) is 6.22. The third-order valence-electron chi connectivity index (χ3n) is 4.86. The molecule has 1 aromatic rings. The lowest BCUT2D eigenvalue weighted by molar-refractivity contribution is 0.0404. The maximum atomic E-state index is 11.0. The second-order valence-corrected chi connectivity index (χ2v) is 11.6. The van der Waals surface area contributed by atoms with Crippen molar-refractivity contribution in [2.75, 3.05) is 0 Å². The van der Waals surface area contributed by atoms with Gasteiger partial charge in [-0.2, -0.15) is 0 Å². The van der Waals surface area contributed by atoms with Crippen molar-refractivity contribution in [1.82, 2.24) is 0 Å². The van der Waals surface area contributed by atoms with E-state index in [0.717, 1.165) is 11.1 Å². The molecule has 1 rings (SSSR count). The monoisotopic (exact) mass is 498 g/mol. The van der Waals surface area contributed by atoms with Crippen LogP contribution in [0.3, 0.4) is 0 Å². The van der Waals surface area contributed by atoms with Crippen LogP contribution in [-0.2, 0) is 31.0 Å². The molecule has 0 amide bonds. The Labute approximate surface area is 189 Å².